The first-order chi connectivity index (χ1) is 17.2. The number of fused-ring (bicyclic) bond motifs is 2. The number of nitrogens with zero attached hydrogens (tertiary/aromatic N) is 5. The van der Waals surface area contributed by atoms with E-state index in [-0.39, 0.29) is 5.91 Å². The van der Waals surface area contributed by atoms with Crippen LogP contribution >= 0.6 is 11.8 Å². The van der Waals surface area contributed by atoms with E-state index in [1.807, 2.05) is 54.2 Å². The summed E-state index contributed by atoms with van der Waals surface area (Å²) in [5.41, 5.74) is 1.38. The number of benzene rings is 2. The van der Waals surface area contributed by atoms with E-state index in [0.717, 1.165) is 51.6 Å². The second kappa shape index (κ2) is 10.5. The Morgan fingerprint density at radius 2 is 1.91 bits per heavy atom. The van der Waals surface area contributed by atoms with Gasteiger partial charge in [-0.1, -0.05) is 49.0 Å². The molecule has 5 rings (SSSR count). The zero-order valence-corrected chi connectivity index (χ0v) is 21.0. The van der Waals surface area contributed by atoms with Crippen LogP contribution < -0.4 is 15.0 Å². The number of anilines is 1. The summed E-state index contributed by atoms with van der Waals surface area (Å²) in [7, 11) is 0. The van der Waals surface area contributed by atoms with Gasteiger partial charge in [-0.05, 0) is 42.4 Å². The van der Waals surface area contributed by atoms with Crippen molar-refractivity contribution in [3.8, 4) is 5.75 Å². The predicted octanol–water partition coefficient (Wildman–Crippen LogP) is 4.52. The number of carbonyl (C=O) groups is 1. The van der Waals surface area contributed by atoms with Crippen molar-refractivity contribution >= 4 is 45.3 Å². The zero-order chi connectivity index (χ0) is 24.2. The molecule has 2 aromatic heterocycles. The van der Waals surface area contributed by atoms with Crippen LogP contribution in [0.3, 0.4) is 0 Å². The highest BCUT2D eigenvalue weighted by Crippen LogP contribution is 2.30. The molecule has 182 valence electrons. The van der Waals surface area contributed by atoms with Crippen LogP contribution in [-0.4, -0.2) is 57.6 Å². The molecule has 3 heterocycles. The van der Waals surface area contributed by atoms with Crippen molar-refractivity contribution in [2.24, 2.45) is 0 Å². The standard InChI is InChI=1S/C26H30N6O2S/c1-3-34-21-12-11-18-9-5-6-10-19(18)22(21)25(33)27-13-16-32-24-20(17-28-32)23(31-14-7-8-15-31)29-26(30-24)35-4-2/h5-6,9-12,17H,3-4,7-8,13-16H2,1-2H3,(H,27,33). The number of nitrogens with one attached hydrogen (secondary N) is 1. The molecular formula is C26H30N6O2S. The van der Waals surface area contributed by atoms with Crippen LogP contribution in [-0.2, 0) is 6.54 Å². The normalized spacial score (nSPS) is 13.6. The summed E-state index contributed by atoms with van der Waals surface area (Å²) in [4.78, 5) is 25.2. The molecule has 0 aliphatic carbocycles. The van der Waals surface area contributed by atoms with Gasteiger partial charge in [0.2, 0.25) is 0 Å². The lowest BCUT2D eigenvalue weighted by atomic mass is 10.0. The van der Waals surface area contributed by atoms with Crippen molar-refractivity contribution in [2.45, 2.75) is 38.4 Å². The SMILES string of the molecule is CCOc1ccc2ccccc2c1C(=O)NCCn1ncc2c(N3CCCC3)nc(SCC)nc21. The number of rotatable bonds is 9. The zero-order valence-electron chi connectivity index (χ0n) is 20.2. The molecule has 0 bridgehead atoms. The van der Waals surface area contributed by atoms with Gasteiger partial charge in [0.15, 0.2) is 10.8 Å². The van der Waals surface area contributed by atoms with Crippen molar-refractivity contribution in [1.29, 1.82) is 0 Å². The number of ether oxygens (including phenoxy) is 1. The highest BCUT2D eigenvalue weighted by Gasteiger charge is 2.21. The van der Waals surface area contributed by atoms with Crippen LogP contribution in [0.5, 0.6) is 5.75 Å². The van der Waals surface area contributed by atoms with Crippen molar-refractivity contribution in [3.05, 3.63) is 48.2 Å². The first-order valence-corrected chi connectivity index (χ1v) is 13.2. The average molecular weight is 491 g/mol. The van der Waals surface area contributed by atoms with Crippen molar-refractivity contribution in [2.75, 3.05) is 36.9 Å². The number of hydrogen-bond acceptors (Lipinski definition) is 7. The molecule has 1 amide bonds. The van der Waals surface area contributed by atoms with Crippen molar-refractivity contribution in [3.63, 3.8) is 0 Å². The van der Waals surface area contributed by atoms with Crippen LogP contribution in [0, 0.1) is 0 Å². The molecule has 0 radical (unpaired) electrons. The Kier molecular flexibility index (Phi) is 7.03. The molecule has 1 N–H and O–H groups in total. The van der Waals surface area contributed by atoms with Gasteiger partial charge in [-0.3, -0.25) is 4.79 Å². The molecule has 4 aromatic rings. The Morgan fingerprint density at radius 1 is 1.09 bits per heavy atom. The highest BCUT2D eigenvalue weighted by molar-refractivity contribution is 7.99. The summed E-state index contributed by atoms with van der Waals surface area (Å²) in [6, 6.07) is 11.7. The van der Waals surface area contributed by atoms with E-state index in [4.69, 9.17) is 14.7 Å². The number of carbonyl (C=O) groups excluding carboxylic acids is 1. The second-order valence-corrected chi connectivity index (χ2v) is 9.64. The number of amides is 1. The molecule has 0 unspecified atom stereocenters. The van der Waals surface area contributed by atoms with E-state index in [2.05, 4.69) is 22.2 Å². The molecule has 0 atom stereocenters. The molecule has 1 aliphatic rings. The fraction of sp³-hybridized carbons (Fsp3) is 0.385. The van der Waals surface area contributed by atoms with E-state index >= 15 is 0 Å². The summed E-state index contributed by atoms with van der Waals surface area (Å²) in [5, 5.41) is 11.3. The topological polar surface area (TPSA) is 85.2 Å². The van der Waals surface area contributed by atoms with Crippen LogP contribution in [0.15, 0.2) is 47.8 Å². The lowest BCUT2D eigenvalue weighted by Crippen LogP contribution is -2.28. The van der Waals surface area contributed by atoms with Crippen molar-refractivity contribution in [1.82, 2.24) is 25.1 Å². The monoisotopic (exact) mass is 490 g/mol. The number of thioether (sulfide) groups is 1. The van der Waals surface area contributed by atoms with Gasteiger partial charge in [-0.15, -0.1) is 0 Å². The van der Waals surface area contributed by atoms with Crippen LogP contribution in [0.1, 0.15) is 37.0 Å². The summed E-state index contributed by atoms with van der Waals surface area (Å²) >= 11 is 1.63. The molecule has 0 saturated carbocycles. The van der Waals surface area contributed by atoms with Crippen LogP contribution in [0.2, 0.25) is 0 Å². The van der Waals surface area contributed by atoms with Gasteiger partial charge in [0.05, 0.1) is 30.3 Å². The smallest absolute Gasteiger partial charge is 0.255 e. The quantitative estimate of drug-likeness (QED) is 0.273. The summed E-state index contributed by atoms with van der Waals surface area (Å²) < 4.78 is 7.64. The molecule has 35 heavy (non-hydrogen) atoms. The molecule has 1 saturated heterocycles. The maximum atomic E-state index is 13.3. The van der Waals surface area contributed by atoms with Crippen molar-refractivity contribution < 1.29 is 9.53 Å². The Bertz CT molecular complexity index is 1350. The van der Waals surface area contributed by atoms with E-state index in [1.54, 1.807) is 11.8 Å². The minimum absolute atomic E-state index is 0.156. The Balaban J connectivity index is 1.38. The Labute approximate surface area is 209 Å². The van der Waals surface area contributed by atoms with E-state index in [0.29, 0.717) is 31.0 Å². The molecule has 1 aliphatic heterocycles. The third-order valence-corrected chi connectivity index (χ3v) is 6.89. The minimum atomic E-state index is -0.156. The lowest BCUT2D eigenvalue weighted by molar-refractivity contribution is 0.0950. The molecule has 0 spiro atoms. The lowest BCUT2D eigenvalue weighted by Gasteiger charge is -2.18. The maximum absolute atomic E-state index is 13.3. The van der Waals surface area contributed by atoms with Crippen LogP contribution in [0.4, 0.5) is 5.82 Å². The van der Waals surface area contributed by atoms with Gasteiger partial charge in [0.25, 0.3) is 5.91 Å². The van der Waals surface area contributed by atoms with Gasteiger partial charge in [0.1, 0.15) is 11.6 Å². The summed E-state index contributed by atoms with van der Waals surface area (Å²) in [6.07, 6.45) is 4.21. The van der Waals surface area contributed by atoms with Gasteiger partial charge in [-0.25, -0.2) is 14.6 Å². The van der Waals surface area contributed by atoms with Gasteiger partial charge in [-0.2, -0.15) is 5.10 Å². The summed E-state index contributed by atoms with van der Waals surface area (Å²) in [5.74, 6) is 2.31. The summed E-state index contributed by atoms with van der Waals surface area (Å²) in [6.45, 7) is 7.47. The first-order valence-electron chi connectivity index (χ1n) is 12.2. The van der Waals surface area contributed by atoms with Gasteiger partial charge < -0.3 is 15.0 Å². The van der Waals surface area contributed by atoms with Crippen LogP contribution in [0.25, 0.3) is 21.8 Å². The predicted molar refractivity (Wildman–Crippen MR) is 141 cm³/mol. The molecule has 2 aromatic carbocycles. The molecular weight excluding hydrogens is 460 g/mol. The molecule has 9 heteroatoms. The largest absolute Gasteiger partial charge is 0.493 e. The third-order valence-electron chi connectivity index (χ3n) is 6.16. The first kappa shape index (κ1) is 23.4. The van der Waals surface area contributed by atoms with Gasteiger partial charge in [0, 0.05) is 19.6 Å². The van der Waals surface area contributed by atoms with E-state index in [9.17, 15) is 4.79 Å². The third kappa shape index (κ3) is 4.77. The highest BCUT2D eigenvalue weighted by atomic mass is 32.2. The number of aromatic nitrogens is 4. The maximum Gasteiger partial charge on any atom is 0.255 e. The molecule has 8 nitrogen and oxygen atoms in total. The fourth-order valence-corrected chi connectivity index (χ4v) is 5.13. The fourth-order valence-electron chi connectivity index (χ4n) is 4.57. The second-order valence-electron chi connectivity index (χ2n) is 8.41. The Morgan fingerprint density at radius 3 is 2.71 bits per heavy atom. The average Bonchev–Trinajstić information content (AvgIpc) is 3.55. The van der Waals surface area contributed by atoms with E-state index in [1.165, 1.54) is 12.8 Å². The minimum Gasteiger partial charge on any atom is -0.493 e. The van der Waals surface area contributed by atoms with Gasteiger partial charge >= 0.3 is 0 Å². The number of hydrogen-bond donors (Lipinski definition) is 1. The Hall–Kier alpha value is -3.33. The molecule has 1 fully saturated rings. The van der Waals surface area contributed by atoms with E-state index < -0.39 is 0 Å².